The van der Waals surface area contributed by atoms with Crippen molar-refractivity contribution in [1.82, 2.24) is 15.2 Å². The van der Waals surface area contributed by atoms with E-state index in [1.165, 1.54) is 0 Å². The zero-order valence-corrected chi connectivity index (χ0v) is 14.6. The topological polar surface area (TPSA) is 114 Å². The standard InChI is InChI=1S/C14H13Cl2N5O2S/c15-11-3-10-9(8-6-19-20-7-8)4-14(18-1-2-24(17,22)23)21-13(10)5-12(11)16/h3-7H,1-2H2,(H,18,21)(H,19,20)(H2,17,22,23). The number of rotatable bonds is 5. The lowest BCUT2D eigenvalue weighted by Gasteiger charge is -2.11. The Morgan fingerprint density at radius 2 is 1.96 bits per heavy atom. The predicted octanol–water partition coefficient (Wildman–Crippen LogP) is 2.63. The molecule has 2 heterocycles. The van der Waals surface area contributed by atoms with Crippen molar-refractivity contribution < 1.29 is 8.42 Å². The van der Waals surface area contributed by atoms with E-state index < -0.39 is 10.0 Å². The van der Waals surface area contributed by atoms with Crippen LogP contribution >= 0.6 is 23.2 Å². The fourth-order valence-electron chi connectivity index (χ4n) is 2.27. The van der Waals surface area contributed by atoms with Gasteiger partial charge in [0.1, 0.15) is 5.82 Å². The minimum absolute atomic E-state index is 0.142. The number of hydrogen-bond acceptors (Lipinski definition) is 5. The summed E-state index contributed by atoms with van der Waals surface area (Å²) in [7, 11) is -3.55. The lowest BCUT2D eigenvalue weighted by atomic mass is 10.0. The van der Waals surface area contributed by atoms with Gasteiger partial charge in [0, 0.05) is 23.7 Å². The van der Waals surface area contributed by atoms with Crippen molar-refractivity contribution in [2.24, 2.45) is 5.14 Å². The van der Waals surface area contributed by atoms with Crippen LogP contribution in [0.3, 0.4) is 0 Å². The van der Waals surface area contributed by atoms with Crippen LogP contribution in [-0.2, 0) is 10.0 Å². The molecular formula is C14H13Cl2N5O2S. The van der Waals surface area contributed by atoms with Gasteiger partial charge in [-0.3, -0.25) is 5.10 Å². The molecule has 1 aromatic carbocycles. The zero-order valence-electron chi connectivity index (χ0n) is 12.3. The highest BCUT2D eigenvalue weighted by Crippen LogP contribution is 2.34. The maximum absolute atomic E-state index is 11.0. The van der Waals surface area contributed by atoms with E-state index in [-0.39, 0.29) is 12.3 Å². The molecule has 0 saturated heterocycles. The zero-order chi connectivity index (χ0) is 17.3. The molecule has 0 aliphatic rings. The van der Waals surface area contributed by atoms with Crippen LogP contribution in [0.2, 0.25) is 10.0 Å². The van der Waals surface area contributed by atoms with E-state index in [0.29, 0.717) is 21.4 Å². The summed E-state index contributed by atoms with van der Waals surface area (Å²) >= 11 is 12.2. The first-order valence-electron chi connectivity index (χ1n) is 6.87. The van der Waals surface area contributed by atoms with Gasteiger partial charge in [0.05, 0.1) is 27.5 Å². The minimum Gasteiger partial charge on any atom is -0.369 e. The monoisotopic (exact) mass is 385 g/mol. The predicted molar refractivity (Wildman–Crippen MR) is 95.8 cm³/mol. The molecule has 7 nitrogen and oxygen atoms in total. The maximum Gasteiger partial charge on any atom is 0.210 e. The molecule has 0 radical (unpaired) electrons. The van der Waals surface area contributed by atoms with Crippen molar-refractivity contribution in [3.05, 3.63) is 40.6 Å². The summed E-state index contributed by atoms with van der Waals surface area (Å²) in [4.78, 5) is 4.45. The third-order valence-electron chi connectivity index (χ3n) is 3.35. The Morgan fingerprint density at radius 3 is 2.62 bits per heavy atom. The van der Waals surface area contributed by atoms with Gasteiger partial charge in [-0.1, -0.05) is 23.2 Å². The Balaban J connectivity index is 2.06. The summed E-state index contributed by atoms with van der Waals surface area (Å²) in [6.45, 7) is 0.142. The van der Waals surface area contributed by atoms with Crippen molar-refractivity contribution in [1.29, 1.82) is 0 Å². The van der Waals surface area contributed by atoms with E-state index >= 15 is 0 Å². The first kappa shape index (κ1) is 17.0. The molecule has 24 heavy (non-hydrogen) atoms. The van der Waals surface area contributed by atoms with Crippen molar-refractivity contribution >= 4 is 49.9 Å². The third kappa shape index (κ3) is 3.78. The van der Waals surface area contributed by atoms with Gasteiger partial charge in [-0.25, -0.2) is 18.5 Å². The average molecular weight is 386 g/mol. The quantitative estimate of drug-likeness (QED) is 0.624. The first-order valence-corrected chi connectivity index (χ1v) is 9.34. The van der Waals surface area contributed by atoms with Gasteiger partial charge in [-0.2, -0.15) is 5.10 Å². The maximum atomic E-state index is 11.0. The van der Waals surface area contributed by atoms with E-state index in [4.69, 9.17) is 28.3 Å². The Morgan fingerprint density at radius 1 is 1.21 bits per heavy atom. The van der Waals surface area contributed by atoms with E-state index in [2.05, 4.69) is 20.5 Å². The van der Waals surface area contributed by atoms with Gasteiger partial charge in [-0.05, 0) is 23.8 Å². The number of benzene rings is 1. The number of aromatic nitrogens is 3. The number of nitrogens with one attached hydrogen (secondary N) is 2. The number of anilines is 1. The molecule has 0 saturated carbocycles. The lowest BCUT2D eigenvalue weighted by Crippen LogP contribution is -2.22. The van der Waals surface area contributed by atoms with Crippen LogP contribution in [-0.4, -0.2) is 35.9 Å². The van der Waals surface area contributed by atoms with Gasteiger partial charge >= 0.3 is 0 Å². The smallest absolute Gasteiger partial charge is 0.210 e. The molecule has 0 unspecified atom stereocenters. The fraction of sp³-hybridized carbons (Fsp3) is 0.143. The number of aromatic amines is 1. The summed E-state index contributed by atoms with van der Waals surface area (Å²) < 4.78 is 22.1. The van der Waals surface area contributed by atoms with Gasteiger partial charge in [0.25, 0.3) is 0 Å². The molecule has 0 atom stereocenters. The Labute approximate surface area is 148 Å². The summed E-state index contributed by atoms with van der Waals surface area (Å²) in [6, 6.07) is 5.19. The first-order chi connectivity index (χ1) is 11.3. The number of nitrogens with zero attached hydrogens (tertiary/aromatic N) is 2. The van der Waals surface area contributed by atoms with Crippen molar-refractivity contribution in [3.8, 4) is 11.1 Å². The second kappa shape index (κ2) is 6.56. The van der Waals surface area contributed by atoms with E-state index in [1.54, 1.807) is 30.6 Å². The fourth-order valence-corrected chi connectivity index (χ4v) is 2.98. The van der Waals surface area contributed by atoms with Crippen LogP contribution in [0.25, 0.3) is 22.0 Å². The highest BCUT2D eigenvalue weighted by molar-refractivity contribution is 7.89. The Kier molecular flexibility index (Phi) is 4.64. The number of hydrogen-bond donors (Lipinski definition) is 3. The highest BCUT2D eigenvalue weighted by atomic mass is 35.5. The van der Waals surface area contributed by atoms with Crippen LogP contribution in [0.5, 0.6) is 0 Å². The van der Waals surface area contributed by atoms with Crippen LogP contribution in [0.15, 0.2) is 30.6 Å². The number of nitrogens with two attached hydrogens (primary N) is 1. The lowest BCUT2D eigenvalue weighted by molar-refractivity contribution is 0.598. The van der Waals surface area contributed by atoms with E-state index in [9.17, 15) is 8.42 Å². The molecule has 0 aliphatic carbocycles. The summed E-state index contributed by atoms with van der Waals surface area (Å²) in [5.41, 5.74) is 2.31. The molecular weight excluding hydrogens is 373 g/mol. The molecule has 3 rings (SSSR count). The van der Waals surface area contributed by atoms with Crippen molar-refractivity contribution in [3.63, 3.8) is 0 Å². The van der Waals surface area contributed by atoms with Gasteiger partial charge in [0.2, 0.25) is 10.0 Å². The SMILES string of the molecule is NS(=O)(=O)CCNc1cc(-c2cn[nH]c2)c2cc(Cl)c(Cl)cc2n1. The molecule has 4 N–H and O–H groups in total. The van der Waals surface area contributed by atoms with Crippen LogP contribution in [0.1, 0.15) is 0 Å². The highest BCUT2D eigenvalue weighted by Gasteiger charge is 2.12. The second-order valence-electron chi connectivity index (χ2n) is 5.12. The van der Waals surface area contributed by atoms with Gasteiger partial charge < -0.3 is 5.32 Å². The molecule has 0 bridgehead atoms. The summed E-state index contributed by atoms with van der Waals surface area (Å²) in [5.74, 6) is 0.301. The molecule has 0 spiro atoms. The number of primary sulfonamides is 1. The van der Waals surface area contributed by atoms with Crippen LogP contribution in [0.4, 0.5) is 5.82 Å². The second-order valence-corrected chi connectivity index (χ2v) is 7.67. The minimum atomic E-state index is -3.55. The number of H-pyrrole nitrogens is 1. The van der Waals surface area contributed by atoms with Crippen molar-refractivity contribution in [2.45, 2.75) is 0 Å². The summed E-state index contributed by atoms with van der Waals surface area (Å²) in [6.07, 6.45) is 3.41. The Hall–Kier alpha value is -1.87. The van der Waals surface area contributed by atoms with Gasteiger partial charge in [0.15, 0.2) is 0 Å². The third-order valence-corrected chi connectivity index (χ3v) is 4.85. The van der Waals surface area contributed by atoms with Crippen LogP contribution in [0, 0.1) is 0 Å². The van der Waals surface area contributed by atoms with E-state index in [1.807, 2.05) is 0 Å². The molecule has 0 amide bonds. The van der Waals surface area contributed by atoms with Crippen LogP contribution < -0.4 is 10.5 Å². The molecule has 0 aliphatic heterocycles. The molecule has 10 heteroatoms. The van der Waals surface area contributed by atoms with E-state index in [0.717, 1.165) is 16.5 Å². The largest absolute Gasteiger partial charge is 0.369 e. The number of halogens is 2. The van der Waals surface area contributed by atoms with Gasteiger partial charge in [-0.15, -0.1) is 0 Å². The average Bonchev–Trinajstić information content (AvgIpc) is 3.01. The Bertz CT molecular complexity index is 990. The number of fused-ring (bicyclic) bond motifs is 1. The number of pyridine rings is 1. The normalized spacial score (nSPS) is 11.8. The van der Waals surface area contributed by atoms with Crippen molar-refractivity contribution in [2.75, 3.05) is 17.6 Å². The molecule has 0 fully saturated rings. The molecule has 3 aromatic rings. The molecule has 2 aromatic heterocycles. The number of sulfonamides is 1. The summed E-state index contributed by atoms with van der Waals surface area (Å²) in [5, 5.41) is 16.3. The molecule has 126 valence electrons.